The highest BCUT2D eigenvalue weighted by atomic mass is 16.6. The molecule has 2 aliphatic rings. The number of rotatable bonds is 5. The minimum atomic E-state index is -0.571. The molecule has 1 N–H and O–H groups in total. The van der Waals surface area contributed by atoms with Gasteiger partial charge in [0, 0.05) is 24.4 Å². The van der Waals surface area contributed by atoms with Crippen molar-refractivity contribution < 1.29 is 19.1 Å². The van der Waals surface area contributed by atoms with Crippen LogP contribution in [0.4, 0.5) is 4.79 Å². The van der Waals surface area contributed by atoms with Gasteiger partial charge in [0.15, 0.2) is 0 Å². The van der Waals surface area contributed by atoms with E-state index in [0.29, 0.717) is 17.9 Å². The van der Waals surface area contributed by atoms with E-state index in [4.69, 9.17) is 9.47 Å². The zero-order valence-corrected chi connectivity index (χ0v) is 17.6. The molecule has 1 aromatic heterocycles. The molecule has 2 fully saturated rings. The SMILES string of the molecule is CC(C)(C)OC(=O)N[C@@H](CC1CCCCC1)[C@@H]1CC(=Cc2ccncc2)C(=O)O1. The van der Waals surface area contributed by atoms with E-state index in [-0.39, 0.29) is 18.1 Å². The van der Waals surface area contributed by atoms with Crippen LogP contribution in [0, 0.1) is 5.92 Å². The Labute approximate surface area is 173 Å². The van der Waals surface area contributed by atoms with Crippen molar-refractivity contribution >= 4 is 18.1 Å². The van der Waals surface area contributed by atoms with Crippen LogP contribution in [0.2, 0.25) is 0 Å². The van der Waals surface area contributed by atoms with Gasteiger partial charge in [0.1, 0.15) is 11.7 Å². The molecule has 1 saturated heterocycles. The van der Waals surface area contributed by atoms with Gasteiger partial charge < -0.3 is 14.8 Å². The largest absolute Gasteiger partial charge is 0.456 e. The lowest BCUT2D eigenvalue weighted by Crippen LogP contribution is -2.46. The lowest BCUT2D eigenvalue weighted by atomic mass is 9.83. The summed E-state index contributed by atoms with van der Waals surface area (Å²) in [4.78, 5) is 28.9. The van der Waals surface area contributed by atoms with Crippen LogP contribution in [0.5, 0.6) is 0 Å². The maximum Gasteiger partial charge on any atom is 0.408 e. The Morgan fingerprint density at radius 1 is 1.28 bits per heavy atom. The Kier molecular flexibility index (Phi) is 6.93. The van der Waals surface area contributed by atoms with E-state index in [1.54, 1.807) is 12.4 Å². The fourth-order valence-electron chi connectivity index (χ4n) is 4.10. The Morgan fingerprint density at radius 3 is 2.62 bits per heavy atom. The Hall–Kier alpha value is -2.37. The first-order valence-corrected chi connectivity index (χ1v) is 10.6. The van der Waals surface area contributed by atoms with E-state index in [2.05, 4.69) is 10.3 Å². The summed E-state index contributed by atoms with van der Waals surface area (Å²) in [5, 5.41) is 2.99. The molecule has 1 aromatic rings. The zero-order chi connectivity index (χ0) is 20.9. The van der Waals surface area contributed by atoms with Gasteiger partial charge in [-0.25, -0.2) is 9.59 Å². The van der Waals surface area contributed by atoms with Crippen molar-refractivity contribution in [3.8, 4) is 0 Å². The van der Waals surface area contributed by atoms with E-state index in [1.165, 1.54) is 19.3 Å². The molecule has 29 heavy (non-hydrogen) atoms. The van der Waals surface area contributed by atoms with E-state index in [0.717, 1.165) is 24.8 Å². The highest BCUT2D eigenvalue weighted by molar-refractivity contribution is 5.95. The molecular formula is C23H32N2O4. The Morgan fingerprint density at radius 2 is 1.97 bits per heavy atom. The predicted octanol–water partition coefficient (Wildman–Crippen LogP) is 4.64. The summed E-state index contributed by atoms with van der Waals surface area (Å²) < 4.78 is 11.1. The number of carbonyl (C=O) groups excluding carboxylic acids is 2. The molecule has 0 radical (unpaired) electrons. The van der Waals surface area contributed by atoms with Gasteiger partial charge in [-0.2, -0.15) is 0 Å². The maximum absolute atomic E-state index is 12.5. The summed E-state index contributed by atoms with van der Waals surface area (Å²) in [7, 11) is 0. The molecule has 158 valence electrons. The number of carbonyl (C=O) groups is 2. The molecule has 2 heterocycles. The first-order chi connectivity index (χ1) is 13.8. The Balaban J connectivity index is 1.71. The summed E-state index contributed by atoms with van der Waals surface area (Å²) in [5.74, 6) is 0.224. The zero-order valence-electron chi connectivity index (χ0n) is 17.6. The molecule has 1 aliphatic heterocycles. The van der Waals surface area contributed by atoms with Gasteiger partial charge in [-0.3, -0.25) is 4.98 Å². The number of amides is 1. The lowest BCUT2D eigenvalue weighted by molar-refractivity contribution is -0.140. The number of hydrogen-bond donors (Lipinski definition) is 1. The summed E-state index contributed by atoms with van der Waals surface area (Å²) in [5.41, 5.74) is 0.968. The number of ether oxygens (including phenoxy) is 2. The van der Waals surface area contributed by atoms with Crippen molar-refractivity contribution in [1.29, 1.82) is 0 Å². The van der Waals surface area contributed by atoms with Gasteiger partial charge >= 0.3 is 12.1 Å². The van der Waals surface area contributed by atoms with Gasteiger partial charge in [0.2, 0.25) is 0 Å². The molecular weight excluding hydrogens is 368 g/mol. The second-order valence-electron chi connectivity index (χ2n) is 9.09. The fraction of sp³-hybridized carbons (Fsp3) is 0.609. The number of cyclic esters (lactones) is 1. The average Bonchev–Trinajstić information content (AvgIpc) is 3.02. The molecule has 0 aromatic carbocycles. The first-order valence-electron chi connectivity index (χ1n) is 10.6. The normalized spacial score (nSPS) is 22.9. The third kappa shape index (κ3) is 6.58. The fourth-order valence-corrected chi connectivity index (χ4v) is 4.10. The van der Waals surface area contributed by atoms with Crippen LogP contribution in [0.1, 0.15) is 71.3 Å². The second kappa shape index (κ2) is 9.42. The van der Waals surface area contributed by atoms with Gasteiger partial charge in [-0.1, -0.05) is 32.1 Å². The minimum Gasteiger partial charge on any atom is -0.456 e. The van der Waals surface area contributed by atoms with Crippen molar-refractivity contribution in [3.63, 3.8) is 0 Å². The first kappa shape index (κ1) is 21.3. The van der Waals surface area contributed by atoms with Crippen molar-refractivity contribution in [2.45, 2.75) is 83.5 Å². The van der Waals surface area contributed by atoms with Crippen LogP contribution >= 0.6 is 0 Å². The average molecular weight is 401 g/mol. The van der Waals surface area contributed by atoms with E-state index >= 15 is 0 Å². The van der Waals surface area contributed by atoms with E-state index in [9.17, 15) is 9.59 Å². The quantitative estimate of drug-likeness (QED) is 0.575. The standard InChI is InChI=1S/C23H32N2O4/c1-23(2,3)29-22(27)25-19(14-16-7-5-4-6-8-16)20-15-18(21(26)28-20)13-17-9-11-24-12-10-17/h9-13,16,19-20H,4-8,14-15H2,1-3H3,(H,25,27)/t19-,20-/m0/s1. The summed E-state index contributed by atoms with van der Waals surface area (Å²) in [6.07, 6.45) is 11.7. The number of nitrogens with zero attached hydrogens (tertiary/aromatic N) is 1. The van der Waals surface area contributed by atoms with Crippen LogP contribution in [-0.4, -0.2) is 34.8 Å². The van der Waals surface area contributed by atoms with Crippen molar-refractivity contribution in [1.82, 2.24) is 10.3 Å². The smallest absolute Gasteiger partial charge is 0.408 e. The molecule has 6 nitrogen and oxygen atoms in total. The summed E-state index contributed by atoms with van der Waals surface area (Å²) in [6, 6.07) is 3.46. The number of alkyl carbamates (subject to hydrolysis) is 1. The summed E-state index contributed by atoms with van der Waals surface area (Å²) in [6.45, 7) is 5.52. The van der Waals surface area contributed by atoms with E-state index in [1.807, 2.05) is 39.0 Å². The van der Waals surface area contributed by atoms with Gasteiger partial charge in [-0.15, -0.1) is 0 Å². The highest BCUT2D eigenvalue weighted by Crippen LogP contribution is 2.32. The molecule has 0 spiro atoms. The van der Waals surface area contributed by atoms with Crippen LogP contribution < -0.4 is 5.32 Å². The molecule has 2 atom stereocenters. The van der Waals surface area contributed by atoms with Gasteiger partial charge in [0.25, 0.3) is 0 Å². The van der Waals surface area contributed by atoms with E-state index < -0.39 is 11.7 Å². The van der Waals surface area contributed by atoms with Crippen LogP contribution in [0.15, 0.2) is 30.1 Å². The molecule has 0 unspecified atom stereocenters. The second-order valence-corrected chi connectivity index (χ2v) is 9.09. The highest BCUT2D eigenvalue weighted by Gasteiger charge is 2.37. The lowest BCUT2D eigenvalue weighted by Gasteiger charge is -2.30. The topological polar surface area (TPSA) is 77.5 Å². The van der Waals surface area contributed by atoms with Gasteiger partial charge in [-0.05, 0) is 56.9 Å². The number of nitrogens with one attached hydrogen (secondary N) is 1. The van der Waals surface area contributed by atoms with Crippen molar-refractivity contribution in [2.24, 2.45) is 5.92 Å². The molecule has 6 heteroatoms. The van der Waals surface area contributed by atoms with Crippen molar-refractivity contribution in [3.05, 3.63) is 35.7 Å². The molecule has 0 bridgehead atoms. The van der Waals surface area contributed by atoms with Crippen LogP contribution in [0.25, 0.3) is 6.08 Å². The molecule has 3 rings (SSSR count). The molecule has 1 amide bonds. The van der Waals surface area contributed by atoms with Gasteiger partial charge in [0.05, 0.1) is 6.04 Å². The summed E-state index contributed by atoms with van der Waals surface area (Å²) >= 11 is 0. The van der Waals surface area contributed by atoms with Crippen LogP contribution in [0.3, 0.4) is 0 Å². The third-order valence-corrected chi connectivity index (χ3v) is 5.45. The number of esters is 1. The maximum atomic E-state index is 12.5. The monoisotopic (exact) mass is 400 g/mol. The third-order valence-electron chi connectivity index (χ3n) is 5.45. The molecule has 1 aliphatic carbocycles. The van der Waals surface area contributed by atoms with Crippen molar-refractivity contribution in [2.75, 3.05) is 0 Å². The number of pyridine rings is 1. The Bertz CT molecular complexity index is 733. The molecule has 1 saturated carbocycles. The predicted molar refractivity (Wildman–Crippen MR) is 111 cm³/mol. The number of aromatic nitrogens is 1. The van der Waals surface area contributed by atoms with Crippen LogP contribution in [-0.2, 0) is 14.3 Å². The number of hydrogen-bond acceptors (Lipinski definition) is 5. The minimum absolute atomic E-state index is 0.250.